The lowest BCUT2D eigenvalue weighted by molar-refractivity contribution is 0.0957. The Morgan fingerprint density at radius 1 is 1.47 bits per heavy atom. The first-order valence-corrected chi connectivity index (χ1v) is 6.03. The zero-order valence-electron chi connectivity index (χ0n) is 10.7. The summed E-state index contributed by atoms with van der Waals surface area (Å²) >= 11 is 0. The van der Waals surface area contributed by atoms with E-state index in [1.54, 1.807) is 11.8 Å². The lowest BCUT2D eigenvalue weighted by atomic mass is 9.76. The van der Waals surface area contributed by atoms with Gasteiger partial charge in [0.15, 0.2) is 0 Å². The minimum absolute atomic E-state index is 0.213. The molecule has 0 atom stereocenters. The summed E-state index contributed by atoms with van der Waals surface area (Å²) in [5.74, 6) is 0.737. The Morgan fingerprint density at radius 2 is 2.06 bits per heavy atom. The maximum Gasteiger partial charge on any atom is 0.216 e. The molecule has 5 nitrogen and oxygen atoms in total. The predicted octanol–water partition coefficient (Wildman–Crippen LogP) is 0.826. The van der Waals surface area contributed by atoms with Gasteiger partial charge in [-0.25, -0.2) is 4.68 Å². The van der Waals surface area contributed by atoms with Gasteiger partial charge in [0.05, 0.1) is 24.5 Å². The number of rotatable bonds is 2. The summed E-state index contributed by atoms with van der Waals surface area (Å²) in [7, 11) is 3.50. The van der Waals surface area contributed by atoms with E-state index in [2.05, 4.69) is 5.10 Å². The van der Waals surface area contributed by atoms with Gasteiger partial charge in [0.25, 0.3) is 0 Å². The second-order valence-electron chi connectivity index (χ2n) is 4.98. The maximum absolute atomic E-state index is 9.58. The lowest BCUT2D eigenvalue weighted by Crippen LogP contribution is -2.42. The highest BCUT2D eigenvalue weighted by Gasteiger charge is 2.38. The van der Waals surface area contributed by atoms with Crippen molar-refractivity contribution in [1.82, 2.24) is 9.78 Å². The van der Waals surface area contributed by atoms with Crippen LogP contribution in [0.3, 0.4) is 0 Å². The lowest BCUT2D eigenvalue weighted by Gasteiger charge is -2.35. The maximum atomic E-state index is 9.58. The first-order valence-electron chi connectivity index (χ1n) is 6.03. The molecule has 1 fully saturated rings. The number of hydrogen-bond donors (Lipinski definition) is 2. The zero-order valence-corrected chi connectivity index (χ0v) is 10.7. The highest BCUT2D eigenvalue weighted by Crippen LogP contribution is 2.40. The van der Waals surface area contributed by atoms with E-state index in [1.807, 2.05) is 14.0 Å². The zero-order chi connectivity index (χ0) is 12.6. The van der Waals surface area contributed by atoms with Crippen molar-refractivity contribution in [3.63, 3.8) is 0 Å². The third-order valence-electron chi connectivity index (χ3n) is 3.71. The van der Waals surface area contributed by atoms with E-state index >= 15 is 0 Å². The Bertz CT molecular complexity index is 406. The van der Waals surface area contributed by atoms with E-state index in [9.17, 15) is 5.11 Å². The van der Waals surface area contributed by atoms with Crippen LogP contribution in [0.1, 0.15) is 36.9 Å². The monoisotopic (exact) mass is 239 g/mol. The van der Waals surface area contributed by atoms with Crippen molar-refractivity contribution in [3.05, 3.63) is 11.3 Å². The van der Waals surface area contributed by atoms with Gasteiger partial charge in [-0.15, -0.1) is 0 Å². The predicted molar refractivity (Wildman–Crippen MR) is 64.8 cm³/mol. The third-order valence-corrected chi connectivity index (χ3v) is 3.71. The number of nitrogens with two attached hydrogens (primary N) is 1. The molecule has 0 aromatic carbocycles. The molecule has 1 heterocycles. The number of methoxy groups -OCH3 is 1. The molecular weight excluding hydrogens is 218 g/mol. The summed E-state index contributed by atoms with van der Waals surface area (Å²) in [5, 5.41) is 14.0. The largest absolute Gasteiger partial charge is 0.481 e. The van der Waals surface area contributed by atoms with Gasteiger partial charge in [-0.05, 0) is 32.6 Å². The fraction of sp³-hybridized carbons (Fsp3) is 0.750. The molecule has 1 aliphatic carbocycles. The average molecular weight is 239 g/mol. The number of nitrogens with zero attached hydrogens (tertiary/aromatic N) is 2. The molecule has 0 saturated heterocycles. The molecule has 1 aromatic heterocycles. The van der Waals surface area contributed by atoms with Crippen LogP contribution in [0, 0.1) is 6.92 Å². The first-order chi connectivity index (χ1) is 7.98. The van der Waals surface area contributed by atoms with Crippen molar-refractivity contribution in [2.45, 2.75) is 44.2 Å². The van der Waals surface area contributed by atoms with Crippen molar-refractivity contribution >= 4 is 0 Å². The molecule has 0 radical (unpaired) electrons. The van der Waals surface area contributed by atoms with Crippen LogP contribution in [0.5, 0.6) is 5.88 Å². The smallest absolute Gasteiger partial charge is 0.216 e. The van der Waals surface area contributed by atoms with Crippen molar-refractivity contribution in [2.24, 2.45) is 12.8 Å². The van der Waals surface area contributed by atoms with Gasteiger partial charge in [-0.1, -0.05) is 0 Å². The standard InChI is InChI=1S/C12H21N3O2/c1-8-10(11(17-3)15(2)14-8)12(13)6-4-9(16)5-7-12/h9,16H,4-7,13H2,1-3H3. The molecular formula is C12H21N3O2. The second-order valence-corrected chi connectivity index (χ2v) is 4.98. The van der Waals surface area contributed by atoms with Gasteiger partial charge >= 0.3 is 0 Å². The van der Waals surface area contributed by atoms with Crippen molar-refractivity contribution in [1.29, 1.82) is 0 Å². The molecule has 17 heavy (non-hydrogen) atoms. The minimum atomic E-state index is -0.414. The van der Waals surface area contributed by atoms with Crippen LogP contribution in [0.15, 0.2) is 0 Å². The van der Waals surface area contributed by atoms with E-state index in [1.165, 1.54) is 0 Å². The second kappa shape index (κ2) is 4.31. The molecule has 0 amide bonds. The van der Waals surface area contributed by atoms with Crippen molar-refractivity contribution < 1.29 is 9.84 Å². The summed E-state index contributed by atoms with van der Waals surface area (Å²) < 4.78 is 7.13. The van der Waals surface area contributed by atoms with E-state index in [0.29, 0.717) is 0 Å². The van der Waals surface area contributed by atoms with Crippen LogP contribution in [-0.2, 0) is 12.6 Å². The Labute approximate surface area is 102 Å². The van der Waals surface area contributed by atoms with E-state index in [-0.39, 0.29) is 6.10 Å². The SMILES string of the molecule is COc1c(C2(N)CCC(O)CC2)c(C)nn1C. The molecule has 0 bridgehead atoms. The minimum Gasteiger partial charge on any atom is -0.481 e. The number of hydrogen-bond acceptors (Lipinski definition) is 4. The van der Waals surface area contributed by atoms with Crippen LogP contribution in [0.4, 0.5) is 0 Å². The number of aromatic nitrogens is 2. The van der Waals surface area contributed by atoms with Crippen LogP contribution in [-0.4, -0.2) is 28.1 Å². The normalized spacial score (nSPS) is 29.4. The van der Waals surface area contributed by atoms with Gasteiger partial charge in [-0.3, -0.25) is 0 Å². The summed E-state index contributed by atoms with van der Waals surface area (Å²) in [6.45, 7) is 1.96. The molecule has 1 aromatic rings. The summed E-state index contributed by atoms with van der Waals surface area (Å²) in [6, 6.07) is 0. The molecule has 2 rings (SSSR count). The van der Waals surface area contributed by atoms with Gasteiger partial charge < -0.3 is 15.6 Å². The molecule has 0 unspecified atom stereocenters. The molecule has 1 aliphatic rings. The molecule has 1 saturated carbocycles. The Morgan fingerprint density at radius 3 is 2.59 bits per heavy atom. The number of aliphatic hydroxyl groups excluding tert-OH is 1. The van der Waals surface area contributed by atoms with Crippen LogP contribution >= 0.6 is 0 Å². The molecule has 3 N–H and O–H groups in total. The molecule has 0 spiro atoms. The highest BCUT2D eigenvalue weighted by molar-refractivity contribution is 5.38. The molecule has 0 aliphatic heterocycles. The number of aliphatic hydroxyl groups is 1. The topological polar surface area (TPSA) is 73.3 Å². The van der Waals surface area contributed by atoms with E-state index in [4.69, 9.17) is 10.5 Å². The van der Waals surface area contributed by atoms with Gasteiger partial charge in [0.1, 0.15) is 0 Å². The average Bonchev–Trinajstić information content (AvgIpc) is 2.58. The van der Waals surface area contributed by atoms with Crippen molar-refractivity contribution in [2.75, 3.05) is 7.11 Å². The van der Waals surface area contributed by atoms with Crippen LogP contribution in [0.2, 0.25) is 0 Å². The summed E-state index contributed by atoms with van der Waals surface area (Å²) in [5.41, 5.74) is 7.99. The Hall–Kier alpha value is -1.07. The fourth-order valence-corrected chi connectivity index (χ4v) is 2.81. The van der Waals surface area contributed by atoms with E-state index in [0.717, 1.165) is 42.8 Å². The Balaban J connectivity index is 2.39. The molecule has 5 heteroatoms. The van der Waals surface area contributed by atoms with Crippen LogP contribution in [0.25, 0.3) is 0 Å². The van der Waals surface area contributed by atoms with Gasteiger partial charge in [-0.2, -0.15) is 5.10 Å². The third kappa shape index (κ3) is 2.05. The number of ether oxygens (including phenoxy) is 1. The summed E-state index contributed by atoms with van der Waals surface area (Å²) in [6.07, 6.45) is 2.82. The number of aryl methyl sites for hydroxylation is 2. The Kier molecular flexibility index (Phi) is 3.14. The van der Waals surface area contributed by atoms with Crippen molar-refractivity contribution in [3.8, 4) is 5.88 Å². The summed E-state index contributed by atoms with van der Waals surface area (Å²) in [4.78, 5) is 0. The van der Waals surface area contributed by atoms with E-state index < -0.39 is 5.54 Å². The van der Waals surface area contributed by atoms with Gasteiger partial charge in [0.2, 0.25) is 5.88 Å². The molecule has 96 valence electrons. The first kappa shape index (κ1) is 12.4. The van der Waals surface area contributed by atoms with Gasteiger partial charge in [0, 0.05) is 12.6 Å². The van der Waals surface area contributed by atoms with Crippen LogP contribution < -0.4 is 10.5 Å². The fourth-order valence-electron chi connectivity index (χ4n) is 2.81. The highest BCUT2D eigenvalue weighted by atomic mass is 16.5. The quantitative estimate of drug-likeness (QED) is 0.801.